The van der Waals surface area contributed by atoms with Crippen molar-refractivity contribution in [2.45, 2.75) is 0 Å². The fraction of sp³-hybridized carbons (Fsp3) is 0.600. The van der Waals surface area contributed by atoms with Gasteiger partial charge in [-0.15, -0.1) is 0 Å². The van der Waals surface area contributed by atoms with Crippen LogP contribution in [0.1, 0.15) is 0 Å². The summed E-state index contributed by atoms with van der Waals surface area (Å²) < 4.78 is 9.30. The van der Waals surface area contributed by atoms with Gasteiger partial charge in [0.1, 0.15) is 6.61 Å². The maximum absolute atomic E-state index is 10.5. The van der Waals surface area contributed by atoms with Crippen LogP contribution in [0, 0.1) is 0 Å². The standard InChI is InChI=1S/C5H8N2O3/c6-3-4(8)10-5-7-1-2-9-5/h1-3,6H2. The molecule has 0 saturated heterocycles. The van der Waals surface area contributed by atoms with E-state index in [4.69, 9.17) is 10.5 Å². The summed E-state index contributed by atoms with van der Waals surface area (Å²) in [7, 11) is 0. The third-order valence-electron chi connectivity index (χ3n) is 0.926. The van der Waals surface area contributed by atoms with E-state index < -0.39 is 5.97 Å². The third-order valence-corrected chi connectivity index (χ3v) is 0.926. The first-order valence-electron chi connectivity index (χ1n) is 2.91. The smallest absolute Gasteiger partial charge is 0.391 e. The lowest BCUT2D eigenvalue weighted by atomic mass is 10.7. The van der Waals surface area contributed by atoms with E-state index in [1.165, 1.54) is 0 Å². The summed E-state index contributed by atoms with van der Waals surface area (Å²) in [6.07, 6.45) is 0.0375. The molecule has 0 bridgehead atoms. The molecule has 0 aromatic heterocycles. The van der Waals surface area contributed by atoms with Crippen LogP contribution < -0.4 is 5.73 Å². The number of hydrogen-bond acceptors (Lipinski definition) is 5. The minimum Gasteiger partial charge on any atom is -0.448 e. The molecular formula is C5H8N2O3. The van der Waals surface area contributed by atoms with Crippen LogP contribution in [-0.4, -0.2) is 31.7 Å². The van der Waals surface area contributed by atoms with Gasteiger partial charge in [-0.25, -0.2) is 4.99 Å². The zero-order chi connectivity index (χ0) is 7.40. The lowest BCUT2D eigenvalue weighted by molar-refractivity contribution is -0.135. The van der Waals surface area contributed by atoms with Crippen molar-refractivity contribution in [2.75, 3.05) is 19.7 Å². The minimum atomic E-state index is -0.527. The van der Waals surface area contributed by atoms with Crippen LogP contribution in [0.15, 0.2) is 4.99 Å². The maximum Gasteiger partial charge on any atom is 0.391 e. The molecular weight excluding hydrogens is 136 g/mol. The highest BCUT2D eigenvalue weighted by Gasteiger charge is 2.11. The number of hydrogen-bond donors (Lipinski definition) is 1. The van der Waals surface area contributed by atoms with Crippen molar-refractivity contribution >= 4 is 12.1 Å². The Morgan fingerprint density at radius 2 is 2.70 bits per heavy atom. The Morgan fingerprint density at radius 3 is 3.20 bits per heavy atom. The zero-order valence-corrected chi connectivity index (χ0v) is 5.37. The van der Waals surface area contributed by atoms with Gasteiger partial charge in [-0.2, -0.15) is 0 Å². The summed E-state index contributed by atoms with van der Waals surface area (Å²) in [5.74, 6) is -0.527. The lowest BCUT2D eigenvalue weighted by Gasteiger charge is -1.99. The summed E-state index contributed by atoms with van der Waals surface area (Å²) >= 11 is 0. The second kappa shape index (κ2) is 3.17. The SMILES string of the molecule is NCC(=O)OC1=NCCO1. The van der Waals surface area contributed by atoms with Gasteiger partial charge in [-0.1, -0.05) is 0 Å². The van der Waals surface area contributed by atoms with Crippen molar-refractivity contribution < 1.29 is 14.3 Å². The van der Waals surface area contributed by atoms with E-state index in [0.717, 1.165) is 0 Å². The van der Waals surface area contributed by atoms with Gasteiger partial charge in [0.05, 0.1) is 13.1 Å². The fourth-order valence-corrected chi connectivity index (χ4v) is 0.516. The van der Waals surface area contributed by atoms with Gasteiger partial charge in [-0.3, -0.25) is 4.79 Å². The second-order valence-electron chi connectivity index (χ2n) is 1.67. The summed E-state index contributed by atoms with van der Waals surface area (Å²) in [6, 6.07) is 0. The summed E-state index contributed by atoms with van der Waals surface area (Å²) in [5, 5.41) is 0. The molecule has 5 heteroatoms. The van der Waals surface area contributed by atoms with Crippen LogP contribution in [0.2, 0.25) is 0 Å². The van der Waals surface area contributed by atoms with Crippen molar-refractivity contribution in [1.29, 1.82) is 0 Å². The van der Waals surface area contributed by atoms with Crippen LogP contribution in [0.4, 0.5) is 0 Å². The van der Waals surface area contributed by atoms with Crippen molar-refractivity contribution in [3.63, 3.8) is 0 Å². The number of nitrogens with zero attached hydrogens (tertiary/aromatic N) is 1. The molecule has 0 aromatic carbocycles. The molecule has 5 nitrogen and oxygen atoms in total. The van der Waals surface area contributed by atoms with Gasteiger partial charge in [0, 0.05) is 0 Å². The number of esters is 1. The van der Waals surface area contributed by atoms with Crippen LogP contribution in [0.5, 0.6) is 0 Å². The van der Waals surface area contributed by atoms with E-state index in [0.29, 0.717) is 13.2 Å². The Labute approximate surface area is 57.8 Å². The molecule has 0 atom stereocenters. The van der Waals surface area contributed by atoms with Gasteiger partial charge in [0.15, 0.2) is 0 Å². The van der Waals surface area contributed by atoms with Crippen molar-refractivity contribution in [2.24, 2.45) is 10.7 Å². The topological polar surface area (TPSA) is 73.9 Å². The molecule has 0 amide bonds. The van der Waals surface area contributed by atoms with E-state index in [9.17, 15) is 4.79 Å². The molecule has 1 rings (SSSR count). The molecule has 0 radical (unpaired) electrons. The monoisotopic (exact) mass is 144 g/mol. The number of carbonyl (C=O) groups is 1. The average molecular weight is 144 g/mol. The Morgan fingerprint density at radius 1 is 1.90 bits per heavy atom. The Kier molecular flexibility index (Phi) is 2.22. The van der Waals surface area contributed by atoms with Gasteiger partial charge >= 0.3 is 12.1 Å². The van der Waals surface area contributed by atoms with E-state index in [-0.39, 0.29) is 12.6 Å². The van der Waals surface area contributed by atoms with Crippen LogP contribution >= 0.6 is 0 Å². The van der Waals surface area contributed by atoms with Gasteiger partial charge in [0.2, 0.25) is 0 Å². The number of aliphatic imine (C=N–C) groups is 1. The molecule has 1 aliphatic heterocycles. The highest BCUT2D eigenvalue weighted by Crippen LogP contribution is 1.94. The molecule has 0 fully saturated rings. The Balaban J connectivity index is 2.30. The number of rotatable bonds is 1. The quantitative estimate of drug-likeness (QED) is 0.473. The highest BCUT2D eigenvalue weighted by atomic mass is 16.7. The normalized spacial score (nSPS) is 15.9. The van der Waals surface area contributed by atoms with E-state index in [1.54, 1.807) is 0 Å². The first-order chi connectivity index (χ1) is 4.83. The van der Waals surface area contributed by atoms with Gasteiger partial charge in [-0.05, 0) is 0 Å². The molecule has 1 heterocycles. The van der Waals surface area contributed by atoms with E-state index in [1.807, 2.05) is 0 Å². The molecule has 0 aliphatic carbocycles. The number of carbonyl (C=O) groups excluding carboxylic acids is 1. The van der Waals surface area contributed by atoms with Crippen molar-refractivity contribution in [3.8, 4) is 0 Å². The number of nitrogens with two attached hydrogens (primary N) is 1. The van der Waals surface area contributed by atoms with Crippen LogP contribution in [-0.2, 0) is 14.3 Å². The highest BCUT2D eigenvalue weighted by molar-refractivity contribution is 5.85. The fourth-order valence-electron chi connectivity index (χ4n) is 0.516. The first kappa shape index (κ1) is 7.01. The maximum atomic E-state index is 10.5. The van der Waals surface area contributed by atoms with Gasteiger partial charge in [0.25, 0.3) is 0 Å². The zero-order valence-electron chi connectivity index (χ0n) is 5.37. The van der Waals surface area contributed by atoms with Crippen LogP contribution in [0.25, 0.3) is 0 Å². The first-order valence-corrected chi connectivity index (χ1v) is 2.91. The largest absolute Gasteiger partial charge is 0.448 e. The molecule has 0 spiro atoms. The molecule has 56 valence electrons. The lowest BCUT2D eigenvalue weighted by Crippen LogP contribution is -2.20. The Bertz CT molecular complexity index is 166. The third kappa shape index (κ3) is 1.70. The molecule has 10 heavy (non-hydrogen) atoms. The minimum absolute atomic E-state index is 0.0375. The van der Waals surface area contributed by atoms with Gasteiger partial charge < -0.3 is 15.2 Å². The average Bonchev–Trinajstić information content (AvgIpc) is 2.40. The Hall–Kier alpha value is -1.10. The molecule has 0 unspecified atom stereocenters. The van der Waals surface area contributed by atoms with E-state index >= 15 is 0 Å². The second-order valence-corrected chi connectivity index (χ2v) is 1.67. The molecule has 0 saturated carbocycles. The summed E-state index contributed by atoms with van der Waals surface area (Å²) in [4.78, 5) is 14.2. The molecule has 1 aliphatic rings. The summed E-state index contributed by atoms with van der Waals surface area (Å²) in [6.45, 7) is 0.878. The summed E-state index contributed by atoms with van der Waals surface area (Å²) in [5.41, 5.74) is 4.97. The van der Waals surface area contributed by atoms with Crippen molar-refractivity contribution in [1.82, 2.24) is 0 Å². The van der Waals surface area contributed by atoms with E-state index in [2.05, 4.69) is 9.73 Å². The molecule has 0 aromatic rings. The number of ether oxygens (including phenoxy) is 2. The van der Waals surface area contributed by atoms with Crippen molar-refractivity contribution in [3.05, 3.63) is 0 Å². The molecule has 2 N–H and O–H groups in total. The van der Waals surface area contributed by atoms with Crippen LogP contribution in [0.3, 0.4) is 0 Å². The predicted molar refractivity (Wildman–Crippen MR) is 33.4 cm³/mol. The predicted octanol–water partition coefficient (Wildman–Crippen LogP) is -1.13.